The van der Waals surface area contributed by atoms with Crippen molar-refractivity contribution in [3.05, 3.63) is 76.3 Å². The van der Waals surface area contributed by atoms with E-state index in [1.54, 1.807) is 58.3 Å². The van der Waals surface area contributed by atoms with Crippen LogP contribution in [0.25, 0.3) is 11.2 Å². The fourth-order valence-electron chi connectivity index (χ4n) is 7.13. The number of carbonyl (C=O) groups is 5. The number of hydrogen-bond donors (Lipinski definition) is 7. The molecule has 23 nitrogen and oxygen atoms in total. The van der Waals surface area contributed by atoms with Crippen LogP contribution in [0, 0.1) is 45.9 Å². The number of nitrogens with one attached hydrogen (secondary N) is 4. The molecule has 4 aromatic rings. The minimum Gasteiger partial charge on any atom is -0.549 e. The molecule has 1 fully saturated rings. The zero-order valence-corrected chi connectivity index (χ0v) is 38.0. The molecule has 0 aliphatic carbocycles. The number of nitrogen functional groups attached to an aromatic ring is 1. The summed E-state index contributed by atoms with van der Waals surface area (Å²) in [5.74, 6) is -0.0853. The van der Waals surface area contributed by atoms with E-state index in [0.717, 1.165) is 0 Å². The van der Waals surface area contributed by atoms with E-state index in [1.165, 1.54) is 6.20 Å². The van der Waals surface area contributed by atoms with E-state index in [9.17, 15) is 44.1 Å². The van der Waals surface area contributed by atoms with Crippen molar-refractivity contribution in [1.29, 1.82) is 0 Å². The smallest absolute Gasteiger partial charge is 0.549 e. The number of carboxylic acid groups (broad SMARTS) is 3. The van der Waals surface area contributed by atoms with Crippen molar-refractivity contribution in [3.8, 4) is 0 Å². The molecular weight excluding hydrogens is 987 g/mol. The van der Waals surface area contributed by atoms with Gasteiger partial charge in [0.1, 0.15) is 6.10 Å². The van der Waals surface area contributed by atoms with E-state index in [-0.39, 0.29) is 102 Å². The number of aromatic amines is 1. The van der Waals surface area contributed by atoms with Crippen LogP contribution in [-0.2, 0) is 35.4 Å². The van der Waals surface area contributed by atoms with Gasteiger partial charge in [-0.2, -0.15) is 4.98 Å². The average molecular weight is 1040 g/mol. The molecule has 2 aromatic heterocycles. The molecule has 1 aliphatic heterocycles. The fourth-order valence-corrected chi connectivity index (χ4v) is 7.13. The summed E-state index contributed by atoms with van der Waals surface area (Å²) in [7, 11) is 0. The largest absolute Gasteiger partial charge is 3.00 e. The van der Waals surface area contributed by atoms with Gasteiger partial charge in [0.15, 0.2) is 11.2 Å². The minimum atomic E-state index is -1.26. The third-order valence-corrected chi connectivity index (χ3v) is 10.6. The predicted octanol–water partition coefficient (Wildman–Crippen LogP) is -2.36. The van der Waals surface area contributed by atoms with Gasteiger partial charge in [-0.1, -0.05) is 19.1 Å². The Hall–Kier alpha value is -5.31. The predicted molar refractivity (Wildman–Crippen MR) is 230 cm³/mol. The third kappa shape index (κ3) is 16.9. The molecule has 0 saturated carbocycles. The van der Waals surface area contributed by atoms with Crippen molar-refractivity contribution in [2.45, 2.75) is 32.4 Å². The van der Waals surface area contributed by atoms with E-state index in [2.05, 4.69) is 40.8 Å². The number of fused-ring (bicyclic) bond motifs is 1. The number of rotatable bonds is 19. The number of anilines is 4. The normalized spacial score (nSPS) is 15.7. The summed E-state index contributed by atoms with van der Waals surface area (Å²) in [6.07, 6.45) is 0.110. The van der Waals surface area contributed by atoms with Crippen LogP contribution >= 0.6 is 0 Å². The first-order valence-corrected chi connectivity index (χ1v) is 20.6. The van der Waals surface area contributed by atoms with Crippen molar-refractivity contribution in [2.24, 2.45) is 11.8 Å². The molecule has 24 heteroatoms. The van der Waals surface area contributed by atoms with Crippen LogP contribution in [0.2, 0.25) is 0 Å². The first-order chi connectivity index (χ1) is 30.7. The van der Waals surface area contributed by atoms with Gasteiger partial charge in [-0.3, -0.25) is 43.7 Å². The van der Waals surface area contributed by atoms with E-state index in [4.69, 9.17) is 16.5 Å². The maximum absolute atomic E-state index is 13.2. The summed E-state index contributed by atoms with van der Waals surface area (Å²) in [5, 5.41) is 41.6. The van der Waals surface area contributed by atoms with Crippen molar-refractivity contribution in [3.63, 3.8) is 0 Å². The van der Waals surface area contributed by atoms with Gasteiger partial charge in [-0.05, 0) is 54.9 Å². The second-order valence-corrected chi connectivity index (χ2v) is 15.2. The minimum absolute atomic E-state index is 0. The molecule has 9 N–H and O–H groups in total. The Kier molecular flexibility index (Phi) is 20.9. The molecular formula is C41H53GdN13O10+. The molecule has 5 rings (SSSR count). The maximum atomic E-state index is 13.2. The van der Waals surface area contributed by atoms with Crippen LogP contribution in [-0.4, -0.2) is 153 Å². The molecule has 3 heterocycles. The number of likely N-dealkylation sites (N-methyl/N-ethyl adjacent to an activating group) is 1. The zero-order valence-electron chi connectivity index (χ0n) is 35.7. The Labute approximate surface area is 405 Å². The number of nitrogens with zero attached hydrogens (tertiary/aromatic N) is 7. The summed E-state index contributed by atoms with van der Waals surface area (Å²) in [4.78, 5) is 101. The van der Waals surface area contributed by atoms with Crippen LogP contribution in [0.4, 0.5) is 23.0 Å². The maximum Gasteiger partial charge on any atom is 3.00 e. The number of carboxylic acids is 3. The van der Waals surface area contributed by atoms with Crippen LogP contribution in [0.3, 0.4) is 0 Å². The van der Waals surface area contributed by atoms with E-state index < -0.39 is 41.4 Å². The van der Waals surface area contributed by atoms with Gasteiger partial charge in [-0.25, -0.2) is 15.9 Å². The summed E-state index contributed by atoms with van der Waals surface area (Å²) < 4.78 is 0. The van der Waals surface area contributed by atoms with Gasteiger partial charge < -0.3 is 51.5 Å². The second kappa shape index (κ2) is 26.0. The summed E-state index contributed by atoms with van der Waals surface area (Å²) in [6.45, 7) is 5.77. The van der Waals surface area contributed by atoms with Crippen LogP contribution in [0.15, 0.2) is 59.5 Å². The van der Waals surface area contributed by atoms with Crippen molar-refractivity contribution < 1.29 is 84.1 Å². The molecule has 0 spiro atoms. The Balaban J connectivity index is 0.00000925. The molecule has 2 amide bonds. The van der Waals surface area contributed by atoms with Crippen molar-refractivity contribution in [1.82, 2.24) is 39.5 Å². The van der Waals surface area contributed by atoms with Gasteiger partial charge in [-0.15, -0.1) is 0 Å². The third-order valence-electron chi connectivity index (χ3n) is 10.6. The molecule has 2 aromatic carbocycles. The Morgan fingerprint density at radius 3 is 1.80 bits per heavy atom. The number of hydrogen-bond acceptors (Lipinski definition) is 19. The van der Waals surface area contributed by atoms with Crippen LogP contribution < -0.4 is 43.4 Å². The number of aromatic nitrogens is 4. The second-order valence-electron chi connectivity index (χ2n) is 15.2. The molecule has 1 saturated heterocycles. The Bertz CT molecular complexity index is 2290. The number of benzene rings is 2. The topological polar surface area (TPSA) is 334 Å². The van der Waals surface area contributed by atoms with Gasteiger partial charge >= 0.3 is 45.9 Å². The monoisotopic (exact) mass is 1040 g/mol. The van der Waals surface area contributed by atoms with Crippen molar-refractivity contribution >= 4 is 63.9 Å². The first kappa shape index (κ1) is 52.3. The van der Waals surface area contributed by atoms with Gasteiger partial charge in [0.25, 0.3) is 5.56 Å². The van der Waals surface area contributed by atoms with Gasteiger partial charge in [0, 0.05) is 88.9 Å². The van der Waals surface area contributed by atoms with Gasteiger partial charge in [0.2, 0.25) is 17.8 Å². The number of amides is 2. The summed E-state index contributed by atoms with van der Waals surface area (Å²) >= 11 is 0. The molecule has 65 heavy (non-hydrogen) atoms. The molecule has 2 unspecified atom stereocenters. The number of nitrogens with two attached hydrogens (primary N) is 2. The number of carbonyl (C=O) groups excluding carboxylic acids is 4. The van der Waals surface area contributed by atoms with E-state index >= 15 is 0 Å². The Morgan fingerprint density at radius 1 is 0.785 bits per heavy atom. The van der Waals surface area contributed by atoms with E-state index in [1.807, 2.05) is 11.8 Å². The molecule has 1 aliphatic rings. The molecule has 0 bridgehead atoms. The standard InChI is InChI=1S/C41H55N13O10.Gd/c1-2-51-13-15-52(17-18-54(25-35(59)60)20-19-53(16-14-51)24-34(57)58)23-33(56)47-29-9-7-28(8-10-29)46-32(55)12-11-31(40(62)63)37(64-43)26-3-5-27(6-4-26)44-21-30-22-45-38-36(48-30)39(61)50-41(42)49-38;/h3-10,22,31,37,44H,2,11-21,23-25,43H2,1H3,(H,46,55)(H,47,56)(H,57,58)(H,59,60)(H,62,63)(H3,42,45,49,50,61);/q;+3/p-2/i;1-4. The zero-order chi connectivity index (χ0) is 46.2. The van der Waals surface area contributed by atoms with Crippen molar-refractivity contribution in [2.75, 3.05) is 100 Å². The SMILES string of the molecule is CCN1CCN(CC(=O)[O-])CCN(CC(=O)[O-])CCN(CC(=O)Nc2ccc(NC(=O)CCC(C(=O)O)C(ON)c3ccc(NCc4cnc5nc(N)[nH]c(=O)c5n4)cc3)cc2)CC1.[153Gd+3]. The number of aliphatic carboxylic acids is 3. The number of H-pyrrole nitrogens is 1. The quantitative estimate of drug-likeness (QED) is 0.0483. The van der Waals surface area contributed by atoms with Crippen LogP contribution in [0.1, 0.15) is 37.1 Å². The summed E-state index contributed by atoms with van der Waals surface area (Å²) in [6, 6.07) is 13.1. The Morgan fingerprint density at radius 2 is 1.29 bits per heavy atom. The summed E-state index contributed by atoms with van der Waals surface area (Å²) in [5.41, 5.74) is 7.67. The molecule has 1 radical (unpaired) electrons. The first-order valence-electron chi connectivity index (χ1n) is 20.6. The van der Waals surface area contributed by atoms with E-state index in [0.29, 0.717) is 87.2 Å². The van der Waals surface area contributed by atoms with Crippen LogP contribution in [0.5, 0.6) is 0 Å². The molecule has 2 atom stereocenters. The fraction of sp³-hybridized carbons (Fsp3) is 0.439. The average Bonchev–Trinajstić information content (AvgIpc) is 3.25. The molecule has 349 valence electrons. The van der Waals surface area contributed by atoms with Gasteiger partial charge in [0.05, 0.1) is 42.8 Å².